The summed E-state index contributed by atoms with van der Waals surface area (Å²) in [5.74, 6) is 0.251. The first-order valence-corrected chi connectivity index (χ1v) is 11.6. The van der Waals surface area contributed by atoms with Gasteiger partial charge < -0.3 is 15.5 Å². The van der Waals surface area contributed by atoms with Crippen molar-refractivity contribution in [2.75, 3.05) is 25.0 Å². The number of thiazole rings is 1. The number of benzene rings is 1. The minimum atomic E-state index is -0.129. The van der Waals surface area contributed by atoms with Gasteiger partial charge in [0.1, 0.15) is 5.01 Å². The van der Waals surface area contributed by atoms with Crippen molar-refractivity contribution in [3.05, 3.63) is 45.2 Å². The first-order valence-electron chi connectivity index (χ1n) is 9.56. The quantitative estimate of drug-likeness (QED) is 0.636. The van der Waals surface area contributed by atoms with Crippen molar-refractivity contribution in [1.29, 1.82) is 0 Å². The van der Waals surface area contributed by atoms with Crippen LogP contribution < -0.4 is 10.6 Å². The lowest BCUT2D eigenvalue weighted by atomic mass is 10.0. The fraction of sp³-hybridized carbons (Fsp3) is 0.350. The molecular formula is C20H19ClN4O2S2. The molecule has 3 aromatic rings. The number of nitrogens with one attached hydrogen (secondary N) is 2. The van der Waals surface area contributed by atoms with Crippen LogP contribution in [0.15, 0.2) is 30.3 Å². The van der Waals surface area contributed by atoms with Crippen LogP contribution in [0.2, 0.25) is 5.02 Å². The zero-order valence-electron chi connectivity index (χ0n) is 15.5. The maximum atomic E-state index is 12.8. The Labute approximate surface area is 180 Å². The second-order valence-corrected chi connectivity index (χ2v) is 9.96. The third-order valence-electron chi connectivity index (χ3n) is 5.33. The van der Waals surface area contributed by atoms with E-state index < -0.39 is 0 Å². The van der Waals surface area contributed by atoms with Gasteiger partial charge in [-0.2, -0.15) is 0 Å². The molecule has 0 aliphatic carbocycles. The Hall–Kier alpha value is -2.00. The van der Waals surface area contributed by atoms with Crippen LogP contribution in [0.5, 0.6) is 0 Å². The predicted octanol–water partition coefficient (Wildman–Crippen LogP) is 3.94. The second-order valence-electron chi connectivity index (χ2n) is 7.37. The van der Waals surface area contributed by atoms with Gasteiger partial charge >= 0.3 is 0 Å². The zero-order chi connectivity index (χ0) is 20.0. The standard InChI is InChI=1S/C20H19ClN4O2S2/c21-12-3-4-13-16(8-12)29-19(23-13)11-9-25(10-11)20(27)15-5-6-17(28-15)24-18(26)14-2-1-7-22-14/h3-6,8,11,14,22H,1-2,7,9-10H2,(H,24,26)/t14-/m0/s1. The number of hydrogen-bond acceptors (Lipinski definition) is 6. The van der Waals surface area contributed by atoms with Crippen molar-refractivity contribution in [2.24, 2.45) is 0 Å². The minimum Gasteiger partial charge on any atom is -0.336 e. The summed E-state index contributed by atoms with van der Waals surface area (Å²) < 4.78 is 1.08. The van der Waals surface area contributed by atoms with Crippen molar-refractivity contribution in [3.8, 4) is 0 Å². The summed E-state index contributed by atoms with van der Waals surface area (Å²) in [6.07, 6.45) is 1.88. The van der Waals surface area contributed by atoms with E-state index in [9.17, 15) is 9.59 Å². The van der Waals surface area contributed by atoms with Crippen LogP contribution in [0.3, 0.4) is 0 Å². The fourth-order valence-electron chi connectivity index (χ4n) is 3.68. The summed E-state index contributed by atoms with van der Waals surface area (Å²) in [6, 6.07) is 9.18. The molecule has 0 spiro atoms. The third kappa shape index (κ3) is 3.77. The molecule has 0 bridgehead atoms. The summed E-state index contributed by atoms with van der Waals surface area (Å²) in [7, 11) is 0. The van der Waals surface area contributed by atoms with E-state index in [0.29, 0.717) is 28.0 Å². The van der Waals surface area contributed by atoms with E-state index >= 15 is 0 Å². The zero-order valence-corrected chi connectivity index (χ0v) is 17.9. The number of hydrogen-bond donors (Lipinski definition) is 2. The predicted molar refractivity (Wildman–Crippen MR) is 117 cm³/mol. The van der Waals surface area contributed by atoms with Gasteiger partial charge in [0.05, 0.1) is 26.1 Å². The van der Waals surface area contributed by atoms with Crippen molar-refractivity contribution in [3.63, 3.8) is 0 Å². The van der Waals surface area contributed by atoms with Crippen LogP contribution in [-0.2, 0) is 4.79 Å². The molecule has 2 fully saturated rings. The molecule has 5 rings (SSSR count). The molecule has 6 nitrogen and oxygen atoms in total. The number of fused-ring (bicyclic) bond motifs is 1. The Kier molecular flexibility index (Phi) is 5.03. The van der Waals surface area contributed by atoms with E-state index in [2.05, 4.69) is 15.6 Å². The number of carbonyl (C=O) groups is 2. The summed E-state index contributed by atoms with van der Waals surface area (Å²) in [4.78, 5) is 32.1. The summed E-state index contributed by atoms with van der Waals surface area (Å²) in [5, 5.41) is 8.57. The minimum absolute atomic E-state index is 0.00916. The molecular weight excluding hydrogens is 428 g/mol. The molecule has 150 valence electrons. The topological polar surface area (TPSA) is 74.3 Å². The van der Waals surface area contributed by atoms with Gasteiger partial charge in [-0.25, -0.2) is 4.98 Å². The molecule has 0 saturated carbocycles. The number of anilines is 1. The summed E-state index contributed by atoms with van der Waals surface area (Å²) in [5.41, 5.74) is 0.953. The lowest BCUT2D eigenvalue weighted by Gasteiger charge is -2.37. The van der Waals surface area contributed by atoms with Gasteiger partial charge in [0.2, 0.25) is 5.91 Å². The average Bonchev–Trinajstić information content (AvgIpc) is 3.40. The second kappa shape index (κ2) is 7.68. The Morgan fingerprint density at radius 2 is 2.07 bits per heavy atom. The molecule has 0 unspecified atom stereocenters. The maximum Gasteiger partial charge on any atom is 0.264 e. The van der Waals surface area contributed by atoms with Gasteiger partial charge in [0, 0.05) is 24.0 Å². The van der Waals surface area contributed by atoms with Crippen molar-refractivity contribution in [1.82, 2.24) is 15.2 Å². The number of nitrogens with zero attached hydrogens (tertiary/aromatic N) is 2. The van der Waals surface area contributed by atoms with E-state index in [-0.39, 0.29) is 23.8 Å². The maximum absolute atomic E-state index is 12.8. The molecule has 2 saturated heterocycles. The van der Waals surface area contributed by atoms with Crippen LogP contribution in [-0.4, -0.2) is 47.4 Å². The lowest BCUT2D eigenvalue weighted by molar-refractivity contribution is -0.117. The SMILES string of the molecule is O=C(Nc1ccc(C(=O)N2CC(c3nc4ccc(Cl)cc4s3)C2)s1)[C@@H]1CCCN1. The first kappa shape index (κ1) is 19.0. The van der Waals surface area contributed by atoms with Gasteiger partial charge in [-0.05, 0) is 49.7 Å². The highest BCUT2D eigenvalue weighted by Gasteiger charge is 2.35. The van der Waals surface area contributed by atoms with E-state index in [1.165, 1.54) is 11.3 Å². The van der Waals surface area contributed by atoms with Crippen molar-refractivity contribution in [2.45, 2.75) is 24.8 Å². The van der Waals surface area contributed by atoms with E-state index in [0.717, 1.165) is 34.6 Å². The number of likely N-dealkylation sites (tertiary alicyclic amines) is 1. The number of aromatic nitrogens is 1. The summed E-state index contributed by atoms with van der Waals surface area (Å²) >= 11 is 9.03. The molecule has 2 amide bonds. The molecule has 2 aliphatic heterocycles. The molecule has 2 aliphatic rings. The molecule has 9 heteroatoms. The number of amides is 2. The van der Waals surface area contributed by atoms with E-state index in [4.69, 9.17) is 11.6 Å². The van der Waals surface area contributed by atoms with E-state index in [1.54, 1.807) is 23.5 Å². The Balaban J connectivity index is 1.20. The first-order chi connectivity index (χ1) is 14.1. The number of thiophene rings is 1. The van der Waals surface area contributed by atoms with Gasteiger partial charge in [-0.15, -0.1) is 22.7 Å². The highest BCUT2D eigenvalue weighted by atomic mass is 35.5. The molecule has 0 radical (unpaired) electrons. The normalized spacial score (nSPS) is 19.5. The average molecular weight is 447 g/mol. The lowest BCUT2D eigenvalue weighted by Crippen LogP contribution is -2.48. The fourth-order valence-corrected chi connectivity index (χ4v) is 5.89. The van der Waals surface area contributed by atoms with Gasteiger partial charge in [-0.1, -0.05) is 11.6 Å². The third-order valence-corrected chi connectivity index (χ3v) is 7.73. The Bertz CT molecular complexity index is 1080. The van der Waals surface area contributed by atoms with Gasteiger partial charge in [-0.3, -0.25) is 9.59 Å². The monoisotopic (exact) mass is 446 g/mol. The van der Waals surface area contributed by atoms with Crippen LogP contribution >= 0.6 is 34.3 Å². The molecule has 2 N–H and O–H groups in total. The molecule has 4 heterocycles. The number of rotatable bonds is 4. The van der Waals surface area contributed by atoms with Crippen molar-refractivity contribution < 1.29 is 9.59 Å². The highest BCUT2D eigenvalue weighted by molar-refractivity contribution is 7.18. The highest BCUT2D eigenvalue weighted by Crippen LogP contribution is 2.35. The van der Waals surface area contributed by atoms with Gasteiger partial charge in [0.25, 0.3) is 5.91 Å². The number of carbonyl (C=O) groups excluding carboxylic acids is 2. The molecule has 1 aromatic carbocycles. The van der Waals surface area contributed by atoms with Crippen LogP contribution in [0.4, 0.5) is 5.00 Å². The van der Waals surface area contributed by atoms with Gasteiger partial charge in [0.15, 0.2) is 0 Å². The molecule has 29 heavy (non-hydrogen) atoms. The largest absolute Gasteiger partial charge is 0.336 e. The summed E-state index contributed by atoms with van der Waals surface area (Å²) in [6.45, 7) is 2.21. The van der Waals surface area contributed by atoms with Crippen LogP contribution in [0.1, 0.15) is 33.4 Å². The van der Waals surface area contributed by atoms with Crippen LogP contribution in [0.25, 0.3) is 10.2 Å². The number of halogens is 1. The smallest absolute Gasteiger partial charge is 0.264 e. The molecule has 1 atom stereocenters. The van der Waals surface area contributed by atoms with Crippen LogP contribution in [0, 0.1) is 0 Å². The Morgan fingerprint density at radius 3 is 2.86 bits per heavy atom. The van der Waals surface area contributed by atoms with Crippen molar-refractivity contribution >= 4 is 61.3 Å². The van der Waals surface area contributed by atoms with E-state index in [1.807, 2.05) is 23.1 Å². The Morgan fingerprint density at radius 1 is 1.21 bits per heavy atom. The molecule has 2 aromatic heterocycles.